The van der Waals surface area contributed by atoms with Crippen LogP contribution in [0.5, 0.6) is 0 Å². The molecule has 1 fully saturated rings. The summed E-state index contributed by atoms with van der Waals surface area (Å²) in [5.74, 6) is 0. The van der Waals surface area contributed by atoms with Crippen LogP contribution in [0.15, 0.2) is 6.07 Å². The molecule has 0 amide bonds. The number of piperidine rings is 1. The van der Waals surface area contributed by atoms with Gasteiger partial charge in [-0.2, -0.15) is 22.1 Å². The molecule has 1 aromatic rings. The first-order chi connectivity index (χ1) is 11.3. The second kappa shape index (κ2) is 7.95. The number of aromatic nitrogens is 2. The third-order valence-electron chi connectivity index (χ3n) is 4.60. The minimum Gasteiger partial charge on any atom is -0.304 e. The third kappa shape index (κ3) is 3.99. The van der Waals surface area contributed by atoms with E-state index in [1.807, 2.05) is 39.7 Å². The lowest BCUT2D eigenvalue weighted by atomic mass is 10.0. The lowest BCUT2D eigenvalue weighted by Crippen LogP contribution is -2.47. The predicted molar refractivity (Wildman–Crippen MR) is 95.7 cm³/mol. The normalized spacial score (nSPS) is 20.2. The van der Waals surface area contributed by atoms with Gasteiger partial charge in [0.25, 0.3) is 10.2 Å². The Balaban J connectivity index is 2.33. The molecule has 24 heavy (non-hydrogen) atoms. The molecule has 2 heterocycles. The van der Waals surface area contributed by atoms with Crippen molar-refractivity contribution in [3.63, 3.8) is 0 Å². The van der Waals surface area contributed by atoms with E-state index < -0.39 is 10.2 Å². The van der Waals surface area contributed by atoms with Crippen molar-refractivity contribution in [3.05, 3.63) is 17.5 Å². The molecule has 138 valence electrons. The highest BCUT2D eigenvalue weighted by Crippen LogP contribution is 2.33. The van der Waals surface area contributed by atoms with Gasteiger partial charge in [0.15, 0.2) is 0 Å². The Hall–Kier alpha value is -0.960. The van der Waals surface area contributed by atoms with Crippen molar-refractivity contribution in [2.75, 3.05) is 33.7 Å². The van der Waals surface area contributed by atoms with Crippen molar-refractivity contribution in [3.8, 4) is 0 Å². The average molecular weight is 358 g/mol. The van der Waals surface area contributed by atoms with Gasteiger partial charge in [0.1, 0.15) is 0 Å². The van der Waals surface area contributed by atoms with Crippen LogP contribution in [0.2, 0.25) is 0 Å². The first kappa shape index (κ1) is 19.4. The maximum atomic E-state index is 13.0. The van der Waals surface area contributed by atoms with Crippen LogP contribution in [0.1, 0.15) is 50.5 Å². The van der Waals surface area contributed by atoms with Crippen molar-refractivity contribution in [1.82, 2.24) is 23.3 Å². The molecular formula is C16H31N5O2S. The standard InChI is InChI=1S/C16H31N5O2S/c1-6-20(7-2)24(22,23)21-11-9-8-10-16(21)15-12-14(13-18(3)4)19(5)17-15/h12,16H,6-11,13H2,1-5H3/t16-/m1/s1. The van der Waals surface area contributed by atoms with Crippen LogP contribution in [0.3, 0.4) is 0 Å². The number of hydrogen-bond donors (Lipinski definition) is 0. The highest BCUT2D eigenvalue weighted by molar-refractivity contribution is 7.86. The van der Waals surface area contributed by atoms with Crippen LogP contribution < -0.4 is 0 Å². The molecule has 2 rings (SSSR count). The lowest BCUT2D eigenvalue weighted by molar-refractivity contribution is 0.231. The average Bonchev–Trinajstić information content (AvgIpc) is 2.88. The van der Waals surface area contributed by atoms with Crippen molar-refractivity contribution in [1.29, 1.82) is 0 Å². The molecule has 1 aromatic heterocycles. The molecule has 7 nitrogen and oxygen atoms in total. The van der Waals surface area contributed by atoms with Gasteiger partial charge in [0.2, 0.25) is 0 Å². The molecule has 1 saturated heterocycles. The molecule has 0 bridgehead atoms. The smallest absolute Gasteiger partial charge is 0.282 e. The third-order valence-corrected chi connectivity index (χ3v) is 6.80. The first-order valence-corrected chi connectivity index (χ1v) is 10.1. The van der Waals surface area contributed by atoms with E-state index in [9.17, 15) is 8.42 Å². The van der Waals surface area contributed by atoms with E-state index in [4.69, 9.17) is 0 Å². The highest BCUT2D eigenvalue weighted by atomic mass is 32.2. The van der Waals surface area contributed by atoms with Crippen molar-refractivity contribution >= 4 is 10.2 Å². The number of rotatable bonds is 7. The van der Waals surface area contributed by atoms with E-state index in [0.717, 1.165) is 37.2 Å². The topological polar surface area (TPSA) is 61.7 Å². The van der Waals surface area contributed by atoms with E-state index in [1.165, 1.54) is 4.31 Å². The minimum absolute atomic E-state index is 0.161. The van der Waals surface area contributed by atoms with Gasteiger partial charge >= 0.3 is 0 Å². The Morgan fingerprint density at radius 2 is 1.92 bits per heavy atom. The summed E-state index contributed by atoms with van der Waals surface area (Å²) in [5, 5.41) is 4.63. The zero-order valence-electron chi connectivity index (χ0n) is 15.6. The number of aryl methyl sites for hydroxylation is 1. The summed E-state index contributed by atoms with van der Waals surface area (Å²) in [6.07, 6.45) is 2.78. The molecule has 0 saturated carbocycles. The van der Waals surface area contributed by atoms with E-state index in [2.05, 4.69) is 16.1 Å². The molecule has 0 spiro atoms. The molecule has 0 aliphatic carbocycles. The van der Waals surface area contributed by atoms with Crippen molar-refractivity contribution in [2.45, 2.75) is 45.7 Å². The van der Waals surface area contributed by atoms with E-state index in [0.29, 0.717) is 19.6 Å². The first-order valence-electron chi connectivity index (χ1n) is 8.75. The van der Waals surface area contributed by atoms with Crippen LogP contribution in [-0.2, 0) is 23.8 Å². The van der Waals surface area contributed by atoms with E-state index >= 15 is 0 Å². The van der Waals surface area contributed by atoms with Gasteiger partial charge in [0.05, 0.1) is 17.4 Å². The maximum absolute atomic E-state index is 13.0. The molecule has 0 unspecified atom stereocenters. The van der Waals surface area contributed by atoms with Crippen LogP contribution in [-0.4, -0.2) is 65.4 Å². The van der Waals surface area contributed by atoms with E-state index in [-0.39, 0.29) is 6.04 Å². The van der Waals surface area contributed by atoms with Crippen molar-refractivity contribution in [2.24, 2.45) is 7.05 Å². The monoisotopic (exact) mass is 357 g/mol. The summed E-state index contributed by atoms with van der Waals surface area (Å²) in [6.45, 7) is 6.13. The quantitative estimate of drug-likeness (QED) is 0.744. The van der Waals surface area contributed by atoms with Crippen LogP contribution >= 0.6 is 0 Å². The molecule has 8 heteroatoms. The number of hydrogen-bond acceptors (Lipinski definition) is 4. The molecule has 1 atom stereocenters. The van der Waals surface area contributed by atoms with Gasteiger partial charge in [-0.05, 0) is 33.0 Å². The number of nitrogens with zero attached hydrogens (tertiary/aromatic N) is 5. The molecule has 1 aliphatic heterocycles. The van der Waals surface area contributed by atoms with Crippen LogP contribution in [0.4, 0.5) is 0 Å². The van der Waals surface area contributed by atoms with Gasteiger partial charge in [-0.15, -0.1) is 0 Å². The molecule has 0 radical (unpaired) electrons. The van der Waals surface area contributed by atoms with E-state index in [1.54, 1.807) is 4.31 Å². The Morgan fingerprint density at radius 1 is 1.25 bits per heavy atom. The highest BCUT2D eigenvalue weighted by Gasteiger charge is 2.37. The SMILES string of the molecule is CCN(CC)S(=O)(=O)N1CCCC[C@@H]1c1cc(CN(C)C)n(C)n1. The Kier molecular flexibility index (Phi) is 6.41. The van der Waals surface area contributed by atoms with Gasteiger partial charge in [-0.25, -0.2) is 0 Å². The fraction of sp³-hybridized carbons (Fsp3) is 0.812. The van der Waals surface area contributed by atoms with Gasteiger partial charge in [0, 0.05) is 33.2 Å². The zero-order chi connectivity index (χ0) is 17.9. The summed E-state index contributed by atoms with van der Waals surface area (Å²) >= 11 is 0. The van der Waals surface area contributed by atoms with Crippen LogP contribution in [0.25, 0.3) is 0 Å². The van der Waals surface area contributed by atoms with Gasteiger partial charge in [-0.1, -0.05) is 20.3 Å². The lowest BCUT2D eigenvalue weighted by Gasteiger charge is -2.36. The zero-order valence-corrected chi connectivity index (χ0v) is 16.4. The largest absolute Gasteiger partial charge is 0.304 e. The van der Waals surface area contributed by atoms with Gasteiger partial charge < -0.3 is 4.90 Å². The summed E-state index contributed by atoms with van der Waals surface area (Å²) < 4.78 is 31.1. The summed E-state index contributed by atoms with van der Waals surface area (Å²) in [5.41, 5.74) is 1.96. The Morgan fingerprint density at radius 3 is 2.50 bits per heavy atom. The Labute approximate surface area is 146 Å². The molecule has 0 N–H and O–H groups in total. The van der Waals surface area contributed by atoms with Crippen molar-refractivity contribution < 1.29 is 8.42 Å². The second-order valence-electron chi connectivity index (χ2n) is 6.64. The summed E-state index contributed by atoms with van der Waals surface area (Å²) in [7, 11) is 2.52. The molecule has 1 aliphatic rings. The second-order valence-corrected chi connectivity index (χ2v) is 8.52. The van der Waals surface area contributed by atoms with Gasteiger partial charge in [-0.3, -0.25) is 4.68 Å². The fourth-order valence-electron chi connectivity index (χ4n) is 3.34. The fourth-order valence-corrected chi connectivity index (χ4v) is 5.18. The summed E-state index contributed by atoms with van der Waals surface area (Å²) in [4.78, 5) is 2.09. The predicted octanol–water partition coefficient (Wildman–Crippen LogP) is 1.60. The molecular weight excluding hydrogens is 326 g/mol. The maximum Gasteiger partial charge on any atom is 0.282 e. The Bertz CT molecular complexity index is 637. The minimum atomic E-state index is -3.44. The van der Waals surface area contributed by atoms with Crippen LogP contribution in [0, 0.1) is 0 Å². The molecule has 0 aromatic carbocycles. The summed E-state index contributed by atoms with van der Waals surface area (Å²) in [6, 6.07) is 1.90.